The van der Waals surface area contributed by atoms with Crippen molar-refractivity contribution in [2.45, 2.75) is 25.7 Å². The number of hydrogen-bond donors (Lipinski definition) is 2. The van der Waals surface area contributed by atoms with Crippen LogP contribution in [-0.2, 0) is 0 Å². The summed E-state index contributed by atoms with van der Waals surface area (Å²) in [7, 11) is -16.9. The zero-order chi connectivity index (χ0) is 49.8. The van der Waals surface area contributed by atoms with Crippen LogP contribution in [-0.4, -0.2) is 48.6 Å². The molecule has 4 heterocycles. The lowest BCUT2D eigenvalue weighted by Crippen LogP contribution is -2.38. The van der Waals surface area contributed by atoms with Crippen molar-refractivity contribution in [2.75, 3.05) is 39.3 Å². The summed E-state index contributed by atoms with van der Waals surface area (Å²) in [6.07, 6.45) is 3.98. The first-order chi connectivity index (χ1) is 36.5. The van der Waals surface area contributed by atoms with Gasteiger partial charge in [-0.25, -0.2) is 36.4 Å². The fraction of sp³-hybridized carbons (Fsp3) is 0.172. The second kappa shape index (κ2) is 21.5. The molecule has 12 rings (SSSR count). The molecule has 8 aromatic carbocycles. The van der Waals surface area contributed by atoms with E-state index in [9.17, 15) is 0 Å². The van der Waals surface area contributed by atoms with Crippen molar-refractivity contribution in [3.8, 4) is 0 Å². The molecule has 2 N–H and O–H groups in total. The van der Waals surface area contributed by atoms with E-state index in [1.54, 1.807) is 0 Å². The van der Waals surface area contributed by atoms with Crippen LogP contribution in [0.3, 0.4) is 0 Å². The van der Waals surface area contributed by atoms with E-state index in [1.165, 1.54) is 0 Å². The Morgan fingerprint density at radius 3 is 0.730 bits per heavy atom. The van der Waals surface area contributed by atoms with E-state index in [-0.39, 0.29) is 0 Å². The third-order valence-corrected chi connectivity index (χ3v) is 38.3. The van der Waals surface area contributed by atoms with E-state index in [4.69, 9.17) is 27.1 Å². The molecule has 8 aromatic rings. The second-order valence-corrected chi connectivity index (χ2v) is 36.2. The van der Waals surface area contributed by atoms with E-state index < -0.39 is 43.8 Å². The maximum atomic E-state index is 6.24. The van der Waals surface area contributed by atoms with E-state index in [1.807, 2.05) is 0 Å². The highest BCUT2D eigenvalue weighted by molar-refractivity contribution is 7.97. The van der Waals surface area contributed by atoms with Crippen molar-refractivity contribution in [3.05, 3.63) is 243 Å². The van der Waals surface area contributed by atoms with Gasteiger partial charge in [-0.2, -0.15) is 0 Å². The number of unbranched alkanes of at least 4 members (excludes halogenated alkanes) is 1. The van der Waals surface area contributed by atoms with Gasteiger partial charge in [-0.1, -0.05) is 243 Å². The third kappa shape index (κ3) is 9.21. The van der Waals surface area contributed by atoms with Gasteiger partial charge in [0, 0.05) is 81.7 Å². The molecule has 0 aliphatic carbocycles. The molecule has 4 aliphatic heterocycles. The van der Waals surface area contributed by atoms with Gasteiger partial charge in [-0.15, -0.1) is 0 Å². The van der Waals surface area contributed by atoms with Crippen LogP contribution >= 0.6 is 43.8 Å². The minimum Gasteiger partial charge on any atom is -0.253 e. The highest BCUT2D eigenvalue weighted by atomic mass is 31.3. The van der Waals surface area contributed by atoms with Gasteiger partial charge in [0.05, 0.1) is 0 Å². The molecule has 2 saturated heterocycles. The molecular formula is C58H62N10P6. The minimum absolute atomic E-state index is 0.853. The number of nitrogens with zero attached hydrogens (tertiary/aromatic N) is 8. The average Bonchev–Trinajstić information content (AvgIpc) is 3.50. The largest absolute Gasteiger partial charge is 0.253 e. The summed E-state index contributed by atoms with van der Waals surface area (Å²) in [5.41, 5.74) is 0. The summed E-state index contributed by atoms with van der Waals surface area (Å²) in [4.78, 5) is 0. The summed E-state index contributed by atoms with van der Waals surface area (Å²) in [5, 5.41) is 17.6. The Bertz CT molecular complexity index is 3010. The van der Waals surface area contributed by atoms with Crippen molar-refractivity contribution in [1.82, 2.24) is 19.5 Å². The Balaban J connectivity index is 0.988. The SMILES string of the molecule is c1ccc(P2(c3ccccc3)=NP(c3ccccc3)(c3ccccc3)=NP3(=N2)NCCCN3CCCCN2CCCNP23=NP(c2ccccc2)(c2ccccc2)=NP(c2ccccc2)(c2ccccc2)=N3)cc1. The predicted octanol–water partition coefficient (Wildman–Crippen LogP) is 13.3. The maximum Gasteiger partial charge on any atom is 0.215 e. The fourth-order valence-corrected chi connectivity index (χ4v) is 40.5. The molecule has 0 radical (unpaired) electrons. The Morgan fingerprint density at radius 2 is 0.500 bits per heavy atom. The Kier molecular flexibility index (Phi) is 14.5. The molecule has 74 heavy (non-hydrogen) atoms. The van der Waals surface area contributed by atoms with E-state index in [0.29, 0.717) is 0 Å². The van der Waals surface area contributed by atoms with Crippen molar-refractivity contribution >= 4 is 86.3 Å². The van der Waals surface area contributed by atoms with Crippen molar-refractivity contribution in [3.63, 3.8) is 0 Å². The summed E-state index contributed by atoms with van der Waals surface area (Å²) < 4.78 is 42.8. The first kappa shape index (κ1) is 49.8. The van der Waals surface area contributed by atoms with Crippen molar-refractivity contribution in [1.29, 1.82) is 0 Å². The first-order valence-corrected chi connectivity index (χ1v) is 35.9. The standard InChI is InChI=1S/C58H62N10P6/c1-9-29-51(30-10-1)69(52-31-11-2-12-32-52)61-70(53-33-13-3-14-34-53,54-35-15-4-16-36-54)64-73(63-69)59-45-27-49-67(73)47-25-26-48-68-50-28-46-60-74(68)65-71(55-37-17-5-18-38-55,56-39-19-6-20-40-56)62-72(66-74,57-41-21-7-22-42-57)58-43-23-8-24-44-58/h1-24,29-44,59-60H,25-28,45-50H2. The molecule has 0 aromatic heterocycles. The third-order valence-electron chi connectivity index (χ3n) is 14.2. The average molecular weight is 1090 g/mol. The summed E-state index contributed by atoms with van der Waals surface area (Å²) in [6.45, 7) is 5.24. The Hall–Kier alpha value is -5.02. The van der Waals surface area contributed by atoms with Crippen LogP contribution in [0.15, 0.2) is 270 Å². The van der Waals surface area contributed by atoms with Crippen LogP contribution in [0.4, 0.5) is 0 Å². The number of rotatable bonds is 13. The highest BCUT2D eigenvalue weighted by Crippen LogP contribution is 2.78. The molecule has 0 amide bonds. The molecule has 16 heteroatoms. The molecule has 0 saturated carbocycles. The van der Waals surface area contributed by atoms with Gasteiger partial charge in [0.1, 0.15) is 28.8 Å². The minimum atomic E-state index is -2.82. The van der Waals surface area contributed by atoms with Gasteiger partial charge in [0.15, 0.2) is 0 Å². The van der Waals surface area contributed by atoms with Gasteiger partial charge in [0.2, 0.25) is 15.0 Å². The number of hydrogen-bond acceptors (Lipinski definition) is 10. The number of nitrogens with one attached hydrogen (secondary N) is 2. The Labute approximate surface area is 438 Å². The lowest BCUT2D eigenvalue weighted by Gasteiger charge is -2.45. The first-order valence-electron chi connectivity index (χ1n) is 25.8. The van der Waals surface area contributed by atoms with E-state index >= 15 is 0 Å². The van der Waals surface area contributed by atoms with Gasteiger partial charge in [-0.3, -0.25) is 10.2 Å². The molecule has 374 valence electrons. The lowest BCUT2D eigenvalue weighted by atomic mass is 10.3. The molecule has 2 unspecified atom stereocenters. The van der Waals surface area contributed by atoms with Crippen LogP contribution in [0.25, 0.3) is 0 Å². The highest BCUT2D eigenvalue weighted by Gasteiger charge is 2.46. The van der Waals surface area contributed by atoms with Gasteiger partial charge in [0.25, 0.3) is 0 Å². The normalized spacial score (nSPS) is 22.6. The van der Waals surface area contributed by atoms with E-state index in [2.05, 4.69) is 262 Å². The van der Waals surface area contributed by atoms with Gasteiger partial charge in [-0.05, 0) is 25.7 Å². The molecule has 2 fully saturated rings. The molecule has 2 spiro atoms. The zero-order valence-electron chi connectivity index (χ0n) is 41.4. The number of benzene rings is 8. The van der Waals surface area contributed by atoms with Gasteiger partial charge >= 0.3 is 0 Å². The van der Waals surface area contributed by atoms with Crippen molar-refractivity contribution < 1.29 is 0 Å². The van der Waals surface area contributed by atoms with Crippen molar-refractivity contribution in [2.24, 2.45) is 27.1 Å². The van der Waals surface area contributed by atoms with Crippen LogP contribution in [0, 0.1) is 0 Å². The lowest BCUT2D eigenvalue weighted by molar-refractivity contribution is 0.365. The molecule has 2 atom stereocenters. The fourth-order valence-electron chi connectivity index (χ4n) is 10.6. The second-order valence-electron chi connectivity index (χ2n) is 18.9. The zero-order valence-corrected chi connectivity index (χ0v) is 46.8. The van der Waals surface area contributed by atoms with Gasteiger partial charge < -0.3 is 0 Å². The summed E-state index contributed by atoms with van der Waals surface area (Å²) in [6, 6.07) is 87.4. The summed E-state index contributed by atoms with van der Waals surface area (Å²) in [5.74, 6) is 0. The molecule has 0 bridgehead atoms. The monoisotopic (exact) mass is 1080 g/mol. The van der Waals surface area contributed by atoms with Crippen LogP contribution < -0.4 is 52.6 Å². The molecule has 4 aliphatic rings. The van der Waals surface area contributed by atoms with E-state index in [0.717, 1.165) is 107 Å². The smallest absolute Gasteiger partial charge is 0.215 e. The molecular weight excluding hydrogens is 1020 g/mol. The topological polar surface area (TPSA) is 105 Å². The maximum absolute atomic E-state index is 6.24. The Morgan fingerprint density at radius 1 is 0.284 bits per heavy atom. The molecule has 10 nitrogen and oxygen atoms in total. The summed E-state index contributed by atoms with van der Waals surface area (Å²) >= 11 is 0. The predicted molar refractivity (Wildman–Crippen MR) is 322 cm³/mol. The van der Waals surface area contributed by atoms with Crippen LogP contribution in [0.1, 0.15) is 25.7 Å². The van der Waals surface area contributed by atoms with Crippen LogP contribution in [0.2, 0.25) is 0 Å². The quantitative estimate of drug-likeness (QED) is 0.0886. The van der Waals surface area contributed by atoms with Crippen LogP contribution in [0.5, 0.6) is 0 Å².